The molecule has 4 bridgehead atoms. The molecule has 502 valence electrons. The number of carbonyl (C=O) groups excluding carboxylic acids is 10. The Bertz CT molecular complexity index is 3190. The summed E-state index contributed by atoms with van der Waals surface area (Å²) < 4.78 is 40.7. The van der Waals surface area contributed by atoms with Crippen LogP contribution in [0.5, 0.6) is 5.75 Å². The Labute approximate surface area is 543 Å². The molecule has 4 heterocycles. The van der Waals surface area contributed by atoms with E-state index in [2.05, 4.69) is 16.0 Å². The largest absolute Gasteiger partial charge is 0.495 e. The normalized spacial score (nSPS) is 25.7. The van der Waals surface area contributed by atoms with Crippen molar-refractivity contribution in [2.75, 3.05) is 83.3 Å². The van der Waals surface area contributed by atoms with Gasteiger partial charge in [0.1, 0.15) is 60.0 Å². The lowest BCUT2D eigenvalue weighted by molar-refractivity contribution is -0.196. The van der Waals surface area contributed by atoms with Gasteiger partial charge < -0.3 is 68.0 Å². The van der Waals surface area contributed by atoms with E-state index in [9.17, 15) is 53.1 Å². The highest BCUT2D eigenvalue weighted by Crippen LogP contribution is 2.49. The minimum absolute atomic E-state index is 0.0202. The van der Waals surface area contributed by atoms with Gasteiger partial charge in [-0.2, -0.15) is 0 Å². The van der Waals surface area contributed by atoms with Crippen LogP contribution in [-0.4, -0.2) is 200 Å². The van der Waals surface area contributed by atoms with Crippen LogP contribution in [0.1, 0.15) is 103 Å². The third-order valence-corrected chi connectivity index (χ3v) is 18.1. The number of alkyl carbamates (subject to hydrolysis) is 1. The van der Waals surface area contributed by atoms with Crippen LogP contribution in [0.2, 0.25) is 5.02 Å². The number of rotatable bonds is 19. The Kier molecular flexibility index (Phi) is 24.9. The topological polar surface area (TPSA) is 320 Å². The maximum absolute atomic E-state index is 14.4. The Morgan fingerprint density at radius 1 is 0.946 bits per heavy atom. The van der Waals surface area contributed by atoms with Crippen molar-refractivity contribution in [2.24, 2.45) is 5.92 Å². The number of nitrogens with one attached hydrogen (secondary N) is 3. The van der Waals surface area contributed by atoms with Crippen LogP contribution in [0, 0.1) is 5.92 Å². The SMILES string of the molecule is COc1cc2cc(c1Cl)N(C)C(=O)C[C@H](OC(=O)[C@H](C)N(C)C(=O)CCSC(=O)N(C)CCN(C)C(=O)OCc1ccc(NC(=O)OC3/C=C/CCCCC3)c(NCC(=O)ON3C(=O)CCC3=O)c1)[C@]1(C)OC1[C@H](C)[C@@H]1C[C@@](O)(NC(=O)O1)[C@H](OC)/C=C/C=C(\C)C2. The Hall–Kier alpha value is -7.92. The zero-order chi connectivity index (χ0) is 67.2. The van der Waals surface area contributed by atoms with Gasteiger partial charge in [-0.05, 0) is 94.3 Å². The zero-order valence-corrected chi connectivity index (χ0v) is 55.0. The molecule has 0 saturated carbocycles. The summed E-state index contributed by atoms with van der Waals surface area (Å²) in [6.45, 7) is 6.10. The summed E-state index contributed by atoms with van der Waals surface area (Å²) in [6.07, 6.45) is 6.13. The number of fused-ring (bicyclic) bond motifs is 5. The fourth-order valence-corrected chi connectivity index (χ4v) is 11.9. The highest BCUT2D eigenvalue weighted by atomic mass is 35.5. The third-order valence-electron chi connectivity index (χ3n) is 16.7. The Morgan fingerprint density at radius 3 is 2.39 bits per heavy atom. The highest BCUT2D eigenvalue weighted by Gasteiger charge is 2.64. The average Bonchev–Trinajstić information content (AvgIpc) is 1.57. The summed E-state index contributed by atoms with van der Waals surface area (Å²) in [7, 11) is 8.79. The van der Waals surface area contributed by atoms with Crippen LogP contribution >= 0.6 is 23.4 Å². The number of likely N-dealkylation sites (N-methyl/N-ethyl adjacent to an activating group) is 3. The van der Waals surface area contributed by atoms with E-state index in [0.29, 0.717) is 34.9 Å². The molecule has 29 heteroatoms. The van der Waals surface area contributed by atoms with Crippen LogP contribution in [0.4, 0.5) is 36.2 Å². The molecule has 3 saturated heterocycles. The van der Waals surface area contributed by atoms with Crippen molar-refractivity contribution in [3.8, 4) is 5.75 Å². The van der Waals surface area contributed by atoms with E-state index in [1.165, 1.54) is 81.1 Å². The molecule has 5 aliphatic rings. The Morgan fingerprint density at radius 2 is 1.67 bits per heavy atom. The lowest BCUT2D eigenvalue weighted by Gasteiger charge is -2.42. The first-order valence-electron chi connectivity index (χ1n) is 30.3. The smallest absolute Gasteiger partial charge is 0.412 e. The van der Waals surface area contributed by atoms with Crippen LogP contribution in [0.25, 0.3) is 0 Å². The van der Waals surface area contributed by atoms with Gasteiger partial charge in [-0.3, -0.25) is 34.6 Å². The molecule has 3 fully saturated rings. The predicted molar refractivity (Wildman–Crippen MR) is 337 cm³/mol. The lowest BCUT2D eigenvalue weighted by atomic mass is 9.83. The van der Waals surface area contributed by atoms with Crippen molar-refractivity contribution >= 4 is 99.5 Å². The molecule has 7 rings (SSSR count). The number of hydrogen-bond acceptors (Lipinski definition) is 21. The van der Waals surface area contributed by atoms with Gasteiger partial charge in [-0.25, -0.2) is 24.0 Å². The minimum Gasteiger partial charge on any atom is -0.495 e. The van der Waals surface area contributed by atoms with Crippen molar-refractivity contribution in [3.05, 3.63) is 82.4 Å². The van der Waals surface area contributed by atoms with Gasteiger partial charge in [0.25, 0.3) is 17.1 Å². The number of epoxide rings is 1. The number of imide groups is 1. The van der Waals surface area contributed by atoms with E-state index in [1.54, 1.807) is 44.2 Å². The molecule has 27 nitrogen and oxygen atoms in total. The van der Waals surface area contributed by atoms with Gasteiger partial charge in [-0.15, -0.1) is 5.06 Å². The number of halogens is 1. The number of thioether (sulfide) groups is 1. The van der Waals surface area contributed by atoms with Gasteiger partial charge in [0.2, 0.25) is 11.8 Å². The molecule has 2 unspecified atom stereocenters. The number of hydroxylamine groups is 2. The van der Waals surface area contributed by atoms with Gasteiger partial charge in [0, 0.05) is 85.7 Å². The standard InChI is InChI=1S/C63H83ClN8O19S/c1-37-17-16-20-48(85-10)63(83)34-47(88-59(80)67-63)38(2)56-62(4,90-56)49(33-53(76)71(8)45-31-41(29-37)32-46(84-9)55(45)64)89-57(78)39(3)70(7)50(73)25-28-92-61(82)69(6)27-26-68(5)60(81)86-36-40-21-22-43(66-58(79)87-42-18-14-12-11-13-15-19-42)44(30-40)65-35-54(77)91-72-51(74)23-24-52(72)75/h14,16-18,20-22,30-32,38-39,42,47-49,56,65,83H,11-13,15,19,23-29,33-36H2,1-10H3,(H,66,79)(H,67,80)/b18-14+,20-16+,37-17+/t38-,39+,42?,47+,48-,49+,56?,62+,63+/m1/s1. The fraction of sp³-hybridized carbons (Fsp3) is 0.556. The molecule has 0 spiro atoms. The Balaban J connectivity index is 0.925. The molecule has 1 aliphatic carbocycles. The number of anilines is 3. The maximum atomic E-state index is 14.4. The second kappa shape index (κ2) is 32.1. The number of amides is 8. The molecule has 4 N–H and O–H groups in total. The average molecular weight is 1320 g/mol. The molecule has 0 radical (unpaired) electrons. The number of methoxy groups -OCH3 is 2. The van der Waals surface area contributed by atoms with Crippen molar-refractivity contribution < 1.29 is 91.0 Å². The predicted octanol–water partition coefficient (Wildman–Crippen LogP) is 7.41. The number of carbonyl (C=O) groups is 10. The van der Waals surface area contributed by atoms with Crippen molar-refractivity contribution in [2.45, 2.75) is 153 Å². The van der Waals surface area contributed by atoms with Gasteiger partial charge in [0.05, 0.1) is 36.7 Å². The van der Waals surface area contributed by atoms with E-state index in [4.69, 9.17) is 49.6 Å². The van der Waals surface area contributed by atoms with Crippen LogP contribution in [0.15, 0.2) is 66.3 Å². The molecule has 0 aromatic heterocycles. The van der Waals surface area contributed by atoms with E-state index >= 15 is 0 Å². The zero-order valence-electron chi connectivity index (χ0n) is 53.4. The number of benzene rings is 2. The molecule has 8 amide bonds. The first kappa shape index (κ1) is 71.5. The second-order valence-electron chi connectivity index (χ2n) is 23.6. The molecule has 92 heavy (non-hydrogen) atoms. The molecular weight excluding hydrogens is 1240 g/mol. The van der Waals surface area contributed by atoms with Crippen LogP contribution in [0.3, 0.4) is 0 Å². The molecule has 2 aromatic rings. The summed E-state index contributed by atoms with van der Waals surface area (Å²) in [5.74, 6) is -4.45. The van der Waals surface area contributed by atoms with Crippen molar-refractivity contribution in [1.29, 1.82) is 0 Å². The van der Waals surface area contributed by atoms with Gasteiger partial charge in [0.15, 0.2) is 5.72 Å². The summed E-state index contributed by atoms with van der Waals surface area (Å²) in [5, 5.41) is 20.1. The van der Waals surface area contributed by atoms with E-state index in [1.807, 2.05) is 25.2 Å². The lowest BCUT2D eigenvalue weighted by Crippen LogP contribution is -2.63. The first-order chi connectivity index (χ1) is 43.6. The van der Waals surface area contributed by atoms with E-state index in [0.717, 1.165) is 48.6 Å². The number of aliphatic hydroxyl groups is 1. The maximum Gasteiger partial charge on any atom is 0.412 e. The fourth-order valence-electron chi connectivity index (χ4n) is 10.9. The van der Waals surface area contributed by atoms with Crippen LogP contribution < -0.4 is 25.6 Å². The third kappa shape index (κ3) is 18.7. The summed E-state index contributed by atoms with van der Waals surface area (Å²) >= 11 is 7.69. The molecular formula is C63H83ClN8O19S. The number of hydrogen-bond donors (Lipinski definition) is 4. The van der Waals surface area contributed by atoms with Gasteiger partial charge in [-0.1, -0.05) is 72.7 Å². The van der Waals surface area contributed by atoms with E-state index < -0.39 is 126 Å². The number of nitrogens with zero attached hydrogens (tertiary/aromatic N) is 5. The number of allylic oxidation sites excluding steroid dienone is 4. The minimum atomic E-state index is -1.91. The van der Waals surface area contributed by atoms with E-state index in [-0.39, 0.29) is 67.5 Å². The highest BCUT2D eigenvalue weighted by molar-refractivity contribution is 8.13. The second-order valence-corrected chi connectivity index (χ2v) is 25.0. The first-order valence-corrected chi connectivity index (χ1v) is 31.7. The monoisotopic (exact) mass is 1320 g/mol. The quantitative estimate of drug-likeness (QED) is 0.0349. The summed E-state index contributed by atoms with van der Waals surface area (Å²) in [4.78, 5) is 142. The summed E-state index contributed by atoms with van der Waals surface area (Å²) in [6, 6.07) is 6.93. The molecule has 9 atom stereocenters. The number of esters is 1. The number of ether oxygens (including phenoxy) is 7. The molecule has 4 aliphatic heterocycles. The van der Waals surface area contributed by atoms with Crippen LogP contribution in [-0.2, 0) is 75.1 Å². The molecule has 2 aromatic carbocycles. The summed E-state index contributed by atoms with van der Waals surface area (Å²) in [5.41, 5.74) is -0.464. The van der Waals surface area contributed by atoms with Crippen molar-refractivity contribution in [3.63, 3.8) is 0 Å². The van der Waals surface area contributed by atoms with Crippen molar-refractivity contribution in [1.82, 2.24) is 25.1 Å². The van der Waals surface area contributed by atoms with Gasteiger partial charge >= 0.3 is 30.2 Å².